The minimum absolute atomic E-state index is 0.105. The van der Waals surface area contributed by atoms with Crippen LogP contribution in [0.25, 0.3) is 0 Å². The van der Waals surface area contributed by atoms with Gasteiger partial charge in [0.05, 0.1) is 10.9 Å². The number of ketones is 1. The third kappa shape index (κ3) is 5.52. The monoisotopic (exact) mass is 305 g/mol. The molecule has 0 N–H and O–H groups in total. The van der Waals surface area contributed by atoms with Crippen LogP contribution in [0.15, 0.2) is 18.2 Å². The highest BCUT2D eigenvalue weighted by Crippen LogP contribution is 2.10. The second-order valence-electron chi connectivity index (χ2n) is 2.76. The van der Waals surface area contributed by atoms with Crippen molar-refractivity contribution in [2.75, 3.05) is 19.3 Å². The number of hydrogen-bond donors (Lipinski definition) is 0. The van der Waals surface area contributed by atoms with Gasteiger partial charge in [-0.2, -0.15) is 5.26 Å². The first-order valence-corrected chi connectivity index (χ1v) is 5.56. The summed E-state index contributed by atoms with van der Waals surface area (Å²) in [5.41, 5.74) is 0.238. The lowest BCUT2D eigenvalue weighted by Crippen LogP contribution is -2.00. The summed E-state index contributed by atoms with van der Waals surface area (Å²) in [6.45, 7) is -0.681. The molecule has 0 heterocycles. The van der Waals surface area contributed by atoms with E-state index in [1.54, 1.807) is 6.07 Å². The number of methoxy groups -OCH3 is 1. The molecule has 1 aromatic rings. The molecule has 0 saturated heterocycles. The van der Waals surface area contributed by atoms with Crippen molar-refractivity contribution in [1.29, 1.82) is 5.26 Å². The molecule has 1 rings (SSSR count). The van der Waals surface area contributed by atoms with Crippen LogP contribution in [0.1, 0.15) is 15.9 Å². The zero-order valence-corrected chi connectivity index (χ0v) is 10.6. The van der Waals surface area contributed by atoms with E-state index in [4.69, 9.17) is 5.26 Å². The SMILES string of the molecule is COCF.N#Cc1cc(C(=O)CBr)ccc1F. The summed E-state index contributed by atoms with van der Waals surface area (Å²) in [5.74, 6) is -0.773. The molecular formula is C11H10BrF2NO2. The van der Waals surface area contributed by atoms with E-state index in [2.05, 4.69) is 20.7 Å². The van der Waals surface area contributed by atoms with Crippen LogP contribution in [0.2, 0.25) is 0 Å². The maximum atomic E-state index is 12.8. The molecule has 92 valence electrons. The van der Waals surface area contributed by atoms with Crippen LogP contribution in [-0.2, 0) is 4.74 Å². The summed E-state index contributed by atoms with van der Waals surface area (Å²) in [4.78, 5) is 11.1. The summed E-state index contributed by atoms with van der Waals surface area (Å²) in [7, 11) is 1.31. The van der Waals surface area contributed by atoms with Crippen LogP contribution in [0.5, 0.6) is 0 Å². The molecule has 0 unspecified atom stereocenters. The van der Waals surface area contributed by atoms with E-state index in [9.17, 15) is 13.6 Å². The second kappa shape index (κ2) is 8.79. The highest BCUT2D eigenvalue weighted by Gasteiger charge is 2.07. The molecule has 0 atom stereocenters. The largest absolute Gasteiger partial charge is 0.354 e. The predicted octanol–water partition coefficient (Wildman–Crippen LogP) is 2.83. The number of ether oxygens (including phenoxy) is 1. The van der Waals surface area contributed by atoms with Crippen molar-refractivity contribution in [2.45, 2.75) is 0 Å². The average molecular weight is 306 g/mol. The Morgan fingerprint density at radius 3 is 2.59 bits per heavy atom. The summed E-state index contributed by atoms with van der Waals surface area (Å²) < 4.78 is 27.2. The lowest BCUT2D eigenvalue weighted by molar-refractivity contribution is 0.102. The molecule has 0 saturated carbocycles. The highest BCUT2D eigenvalue weighted by atomic mass is 79.9. The van der Waals surface area contributed by atoms with E-state index in [-0.39, 0.29) is 16.7 Å². The van der Waals surface area contributed by atoms with Crippen LogP contribution in [0.4, 0.5) is 8.78 Å². The number of carbonyl (C=O) groups is 1. The van der Waals surface area contributed by atoms with Gasteiger partial charge in [-0.15, -0.1) is 0 Å². The molecule has 0 fully saturated rings. The van der Waals surface area contributed by atoms with Crippen molar-refractivity contribution in [3.8, 4) is 6.07 Å². The molecule has 1 aromatic carbocycles. The standard InChI is InChI=1S/C9H5BrFNO.C2H5FO/c10-4-9(13)6-1-2-8(11)7(3-6)5-12;1-4-2-3/h1-3H,4H2;2H2,1H3. The number of alkyl halides is 2. The molecule has 0 aromatic heterocycles. The Labute approximate surface area is 106 Å². The molecule has 0 radical (unpaired) electrons. The number of nitriles is 1. The van der Waals surface area contributed by atoms with Crippen LogP contribution in [-0.4, -0.2) is 25.1 Å². The van der Waals surface area contributed by atoms with Gasteiger partial charge in [0.1, 0.15) is 11.9 Å². The topological polar surface area (TPSA) is 50.1 Å². The Bertz CT molecular complexity index is 416. The molecule has 6 heteroatoms. The summed E-state index contributed by atoms with van der Waals surface area (Å²) >= 11 is 2.99. The fourth-order valence-electron chi connectivity index (χ4n) is 0.862. The Kier molecular flexibility index (Phi) is 8.11. The van der Waals surface area contributed by atoms with Crippen molar-refractivity contribution in [1.82, 2.24) is 0 Å². The van der Waals surface area contributed by atoms with Crippen LogP contribution in [0.3, 0.4) is 0 Å². The molecule has 0 spiro atoms. The van der Waals surface area contributed by atoms with Crippen molar-refractivity contribution >= 4 is 21.7 Å². The molecule has 3 nitrogen and oxygen atoms in total. The number of carbonyl (C=O) groups excluding carboxylic acids is 1. The zero-order valence-electron chi connectivity index (χ0n) is 9.04. The third-order valence-corrected chi connectivity index (χ3v) is 2.15. The smallest absolute Gasteiger partial charge is 0.187 e. The molecule has 0 aliphatic rings. The number of hydrogen-bond acceptors (Lipinski definition) is 3. The second-order valence-corrected chi connectivity index (χ2v) is 3.32. The molecule has 0 amide bonds. The van der Waals surface area contributed by atoms with Gasteiger partial charge >= 0.3 is 0 Å². The Hall–Kier alpha value is -1.32. The van der Waals surface area contributed by atoms with Gasteiger partial charge in [0, 0.05) is 12.7 Å². The van der Waals surface area contributed by atoms with Crippen LogP contribution >= 0.6 is 15.9 Å². The molecule has 0 aliphatic carbocycles. The van der Waals surface area contributed by atoms with Crippen molar-refractivity contribution < 1.29 is 18.3 Å². The lowest BCUT2D eigenvalue weighted by Gasteiger charge is -1.97. The van der Waals surface area contributed by atoms with E-state index in [0.717, 1.165) is 6.07 Å². The maximum Gasteiger partial charge on any atom is 0.187 e. The van der Waals surface area contributed by atoms with E-state index < -0.39 is 12.7 Å². The van der Waals surface area contributed by atoms with Gasteiger partial charge in [0.15, 0.2) is 12.6 Å². The van der Waals surface area contributed by atoms with Crippen LogP contribution in [0, 0.1) is 17.1 Å². The van der Waals surface area contributed by atoms with E-state index >= 15 is 0 Å². The van der Waals surface area contributed by atoms with Gasteiger partial charge in [-0.25, -0.2) is 8.78 Å². The normalized spacial score (nSPS) is 8.88. The fourth-order valence-corrected chi connectivity index (χ4v) is 1.19. The van der Waals surface area contributed by atoms with Crippen molar-refractivity contribution in [3.05, 3.63) is 35.1 Å². The van der Waals surface area contributed by atoms with Gasteiger partial charge in [-0.05, 0) is 18.2 Å². The Morgan fingerprint density at radius 2 is 2.18 bits per heavy atom. The minimum Gasteiger partial charge on any atom is -0.354 e. The number of rotatable bonds is 3. The molecule has 17 heavy (non-hydrogen) atoms. The number of nitrogens with zero attached hydrogens (tertiary/aromatic N) is 1. The molecular weight excluding hydrogens is 296 g/mol. The Morgan fingerprint density at radius 1 is 1.59 bits per heavy atom. The van der Waals surface area contributed by atoms with Gasteiger partial charge in [-0.3, -0.25) is 4.79 Å². The molecule has 0 bridgehead atoms. The number of Topliss-reactive ketones (excluding diaryl/α,β-unsaturated/α-hetero) is 1. The summed E-state index contributed by atoms with van der Waals surface area (Å²) in [6.07, 6.45) is 0. The van der Waals surface area contributed by atoms with Gasteiger partial charge < -0.3 is 4.74 Å². The fraction of sp³-hybridized carbons (Fsp3) is 0.273. The van der Waals surface area contributed by atoms with E-state index in [1.807, 2.05) is 0 Å². The highest BCUT2D eigenvalue weighted by molar-refractivity contribution is 9.09. The maximum absolute atomic E-state index is 12.8. The number of benzene rings is 1. The van der Waals surface area contributed by atoms with Gasteiger partial charge in [0.25, 0.3) is 0 Å². The zero-order chi connectivity index (χ0) is 13.3. The first kappa shape index (κ1) is 15.7. The van der Waals surface area contributed by atoms with Gasteiger partial charge in [0.2, 0.25) is 0 Å². The minimum atomic E-state index is -0.681. The summed E-state index contributed by atoms with van der Waals surface area (Å²) in [6, 6.07) is 5.40. The number of halogens is 3. The van der Waals surface area contributed by atoms with Crippen LogP contribution < -0.4 is 0 Å². The van der Waals surface area contributed by atoms with Crippen molar-refractivity contribution in [2.24, 2.45) is 0 Å². The first-order valence-electron chi connectivity index (χ1n) is 4.44. The first-order chi connectivity index (χ1) is 8.10. The van der Waals surface area contributed by atoms with E-state index in [0.29, 0.717) is 5.56 Å². The molecule has 0 aliphatic heterocycles. The third-order valence-electron chi connectivity index (χ3n) is 1.64. The average Bonchev–Trinajstić information content (AvgIpc) is 2.38. The summed E-state index contributed by atoms with van der Waals surface area (Å²) in [5, 5.41) is 8.65. The van der Waals surface area contributed by atoms with E-state index in [1.165, 1.54) is 19.2 Å². The van der Waals surface area contributed by atoms with Crippen molar-refractivity contribution in [3.63, 3.8) is 0 Å². The predicted molar refractivity (Wildman–Crippen MR) is 62.2 cm³/mol. The Balaban J connectivity index is 0.000000557. The van der Waals surface area contributed by atoms with Gasteiger partial charge in [-0.1, -0.05) is 15.9 Å². The quantitative estimate of drug-likeness (QED) is 0.637. The lowest BCUT2D eigenvalue weighted by atomic mass is 10.1.